The second-order valence-electron chi connectivity index (χ2n) is 7.07. The Morgan fingerprint density at radius 1 is 1.28 bits per heavy atom. The number of carbonyl (C=O) groups is 1. The Bertz CT molecular complexity index is 650. The minimum atomic E-state index is -0.490. The molecule has 1 aliphatic carbocycles. The Balaban J connectivity index is 2.00. The predicted octanol–water partition coefficient (Wildman–Crippen LogP) is 0.782. The van der Waals surface area contributed by atoms with Gasteiger partial charge in [-0.25, -0.2) is 0 Å². The third kappa shape index (κ3) is 4.84. The highest BCUT2D eigenvalue weighted by Gasteiger charge is 2.24. The smallest absolute Gasteiger partial charge is 0.264 e. The van der Waals surface area contributed by atoms with E-state index >= 15 is 0 Å². The van der Waals surface area contributed by atoms with Crippen molar-refractivity contribution in [2.45, 2.75) is 65.3 Å². The molecule has 6 heteroatoms. The van der Waals surface area contributed by atoms with Crippen LogP contribution in [0.5, 0.6) is 5.75 Å². The summed E-state index contributed by atoms with van der Waals surface area (Å²) in [6.45, 7) is 9.59. The molecule has 0 aliphatic heterocycles. The molecule has 2 rings (SSSR count). The van der Waals surface area contributed by atoms with Gasteiger partial charge in [0.15, 0.2) is 0 Å². The monoisotopic (exact) mass is 350 g/mol. The number of amides is 1. The number of aromatic hydroxyl groups is 1. The van der Waals surface area contributed by atoms with Gasteiger partial charge in [-0.3, -0.25) is 9.59 Å². The first-order chi connectivity index (χ1) is 12.0. The number of quaternary nitrogens is 1. The second-order valence-corrected chi connectivity index (χ2v) is 7.07. The molecule has 0 aromatic carbocycles. The normalized spacial score (nSPS) is 15.0. The summed E-state index contributed by atoms with van der Waals surface area (Å²) in [4.78, 5) is 29.1. The molecule has 1 unspecified atom stereocenters. The van der Waals surface area contributed by atoms with E-state index in [1.54, 1.807) is 4.90 Å². The van der Waals surface area contributed by atoms with Crippen LogP contribution in [0, 0.1) is 0 Å². The lowest BCUT2D eigenvalue weighted by molar-refractivity contribution is -0.896. The summed E-state index contributed by atoms with van der Waals surface area (Å²) in [5.74, 6) is -0.606. The largest absolute Gasteiger partial charge is 0.507 e. The minimum absolute atomic E-state index is 0.0303. The van der Waals surface area contributed by atoms with E-state index in [1.165, 1.54) is 0 Å². The van der Waals surface area contributed by atoms with Crippen molar-refractivity contribution in [3.8, 4) is 5.75 Å². The van der Waals surface area contributed by atoms with Gasteiger partial charge >= 0.3 is 0 Å². The van der Waals surface area contributed by atoms with E-state index in [1.807, 2.05) is 6.92 Å². The zero-order chi connectivity index (χ0) is 18.4. The van der Waals surface area contributed by atoms with E-state index in [9.17, 15) is 14.7 Å². The van der Waals surface area contributed by atoms with E-state index in [-0.39, 0.29) is 17.4 Å². The summed E-state index contributed by atoms with van der Waals surface area (Å²) in [6, 6.07) is -0.0303. The van der Waals surface area contributed by atoms with E-state index in [4.69, 9.17) is 0 Å². The predicted molar refractivity (Wildman–Crippen MR) is 98.4 cm³/mol. The maximum Gasteiger partial charge on any atom is 0.264 e. The highest BCUT2D eigenvalue weighted by atomic mass is 16.3. The van der Waals surface area contributed by atoms with E-state index in [0.717, 1.165) is 63.0 Å². The fraction of sp³-hybridized carbons (Fsp3) is 0.684. The zero-order valence-electron chi connectivity index (χ0n) is 15.7. The molecule has 25 heavy (non-hydrogen) atoms. The van der Waals surface area contributed by atoms with Crippen LogP contribution in [-0.4, -0.2) is 41.7 Å². The Morgan fingerprint density at radius 3 is 2.64 bits per heavy atom. The first kappa shape index (κ1) is 19.5. The molecule has 0 saturated heterocycles. The number of hydrogen-bond donors (Lipinski definition) is 4. The number of fused-ring (bicyclic) bond motifs is 1. The van der Waals surface area contributed by atoms with Gasteiger partial charge in [-0.2, -0.15) is 0 Å². The molecule has 0 fully saturated rings. The lowest BCUT2D eigenvalue weighted by Gasteiger charge is -2.20. The summed E-state index contributed by atoms with van der Waals surface area (Å²) in [7, 11) is 0. The molecule has 0 bridgehead atoms. The Morgan fingerprint density at radius 2 is 1.96 bits per heavy atom. The van der Waals surface area contributed by atoms with Gasteiger partial charge < -0.3 is 20.3 Å². The molecule has 1 amide bonds. The number of aromatic amines is 1. The number of H-pyrrole nitrogens is 1. The van der Waals surface area contributed by atoms with Crippen LogP contribution in [0.2, 0.25) is 0 Å². The molecular formula is C19H32N3O3+. The lowest BCUT2D eigenvalue weighted by atomic mass is 9.93. The van der Waals surface area contributed by atoms with Crippen molar-refractivity contribution in [3.05, 3.63) is 27.2 Å². The van der Waals surface area contributed by atoms with Gasteiger partial charge in [-0.1, -0.05) is 0 Å². The summed E-state index contributed by atoms with van der Waals surface area (Å²) in [5.41, 5.74) is 0.881. The van der Waals surface area contributed by atoms with Gasteiger partial charge in [0.25, 0.3) is 11.5 Å². The van der Waals surface area contributed by atoms with Gasteiger partial charge in [0.2, 0.25) is 0 Å². The third-order valence-corrected chi connectivity index (χ3v) is 5.25. The molecular weight excluding hydrogens is 318 g/mol. The number of carbonyl (C=O) groups excluding carboxylic acids is 1. The molecule has 1 aromatic heterocycles. The first-order valence-corrected chi connectivity index (χ1v) is 9.59. The Kier molecular flexibility index (Phi) is 7.05. The summed E-state index contributed by atoms with van der Waals surface area (Å²) in [5, 5.41) is 13.3. The SMILES string of the molecule is CC[NH+](CC)CCCC(C)NC(=O)c1c(O)c2c([nH]c1=O)CCCC2. The number of hydrogen-bond acceptors (Lipinski definition) is 3. The van der Waals surface area contributed by atoms with Crippen molar-refractivity contribution >= 4 is 5.91 Å². The number of rotatable bonds is 8. The van der Waals surface area contributed by atoms with Crippen molar-refractivity contribution in [3.63, 3.8) is 0 Å². The lowest BCUT2D eigenvalue weighted by Crippen LogP contribution is -3.11. The van der Waals surface area contributed by atoms with Crippen LogP contribution in [0.4, 0.5) is 0 Å². The maximum atomic E-state index is 12.5. The standard InChI is InChI=1S/C19H31N3O3/c1-4-22(5-2)12-8-9-13(3)20-18(24)16-17(23)14-10-6-7-11-15(14)21-19(16)25/h13H,4-12H2,1-3H3,(H,20,24)(H2,21,23,25)/p+1. The Hall–Kier alpha value is -1.82. The average Bonchev–Trinajstić information content (AvgIpc) is 2.58. The molecule has 4 N–H and O–H groups in total. The molecule has 0 radical (unpaired) electrons. The number of aromatic nitrogens is 1. The average molecular weight is 350 g/mol. The number of pyridine rings is 1. The fourth-order valence-corrected chi connectivity index (χ4v) is 3.60. The first-order valence-electron chi connectivity index (χ1n) is 9.59. The molecule has 1 aromatic rings. The highest BCUT2D eigenvalue weighted by Crippen LogP contribution is 2.28. The van der Waals surface area contributed by atoms with Crippen molar-refractivity contribution in [2.75, 3.05) is 19.6 Å². The van der Waals surface area contributed by atoms with Crippen molar-refractivity contribution < 1.29 is 14.8 Å². The third-order valence-electron chi connectivity index (χ3n) is 5.25. The van der Waals surface area contributed by atoms with Crippen LogP contribution in [0.3, 0.4) is 0 Å². The summed E-state index contributed by atoms with van der Waals surface area (Å²) in [6.07, 6.45) is 5.31. The van der Waals surface area contributed by atoms with Crippen LogP contribution < -0.4 is 15.8 Å². The zero-order valence-corrected chi connectivity index (χ0v) is 15.7. The molecule has 1 atom stereocenters. The van der Waals surface area contributed by atoms with Crippen molar-refractivity contribution in [1.29, 1.82) is 0 Å². The van der Waals surface area contributed by atoms with E-state index in [0.29, 0.717) is 6.42 Å². The summed E-state index contributed by atoms with van der Waals surface area (Å²) < 4.78 is 0. The van der Waals surface area contributed by atoms with Crippen molar-refractivity contribution in [2.24, 2.45) is 0 Å². The van der Waals surface area contributed by atoms with Crippen LogP contribution in [0.25, 0.3) is 0 Å². The molecule has 1 heterocycles. The quantitative estimate of drug-likeness (QED) is 0.559. The molecule has 6 nitrogen and oxygen atoms in total. The molecule has 0 spiro atoms. The van der Waals surface area contributed by atoms with Gasteiger partial charge in [0, 0.05) is 17.3 Å². The van der Waals surface area contributed by atoms with Gasteiger partial charge in [0.1, 0.15) is 11.3 Å². The van der Waals surface area contributed by atoms with Crippen molar-refractivity contribution in [1.82, 2.24) is 10.3 Å². The van der Waals surface area contributed by atoms with Gasteiger partial charge in [-0.05, 0) is 59.3 Å². The van der Waals surface area contributed by atoms with Crippen LogP contribution >= 0.6 is 0 Å². The number of aryl methyl sites for hydroxylation is 1. The molecule has 1 aliphatic rings. The Labute approximate surface area is 149 Å². The van der Waals surface area contributed by atoms with Crippen LogP contribution in [0.1, 0.15) is 68.1 Å². The highest BCUT2D eigenvalue weighted by molar-refractivity contribution is 5.97. The fourth-order valence-electron chi connectivity index (χ4n) is 3.60. The van der Waals surface area contributed by atoms with Gasteiger partial charge in [0.05, 0.1) is 19.6 Å². The molecule has 140 valence electrons. The van der Waals surface area contributed by atoms with Crippen LogP contribution in [-0.2, 0) is 12.8 Å². The second kappa shape index (κ2) is 9.04. The number of nitrogens with one attached hydrogen (secondary N) is 3. The summed E-state index contributed by atoms with van der Waals surface area (Å²) >= 11 is 0. The topological polar surface area (TPSA) is 86.6 Å². The van der Waals surface area contributed by atoms with E-state index in [2.05, 4.69) is 24.1 Å². The van der Waals surface area contributed by atoms with E-state index < -0.39 is 11.5 Å². The minimum Gasteiger partial charge on any atom is -0.507 e. The molecule has 0 saturated carbocycles. The maximum absolute atomic E-state index is 12.5. The van der Waals surface area contributed by atoms with Gasteiger partial charge in [-0.15, -0.1) is 0 Å². The van der Waals surface area contributed by atoms with Crippen LogP contribution in [0.15, 0.2) is 4.79 Å².